The SMILES string of the molecule is c1ccc(Sc2cc(Sc3ccccn3)cnc2NC2=NC(C3CCNCC3)CS2)cc1. The third-order valence-electron chi connectivity index (χ3n) is 5.49. The molecule has 1 atom stereocenters. The fourth-order valence-corrected chi connectivity index (χ4v) is 6.67. The van der Waals surface area contributed by atoms with Gasteiger partial charge in [-0.3, -0.25) is 4.99 Å². The van der Waals surface area contributed by atoms with Crippen LogP contribution in [0.3, 0.4) is 0 Å². The summed E-state index contributed by atoms with van der Waals surface area (Å²) < 4.78 is 0. The molecule has 0 saturated carbocycles. The number of anilines is 1. The molecule has 0 radical (unpaired) electrons. The van der Waals surface area contributed by atoms with Crippen molar-refractivity contribution >= 4 is 46.3 Å². The van der Waals surface area contributed by atoms with Gasteiger partial charge in [0.15, 0.2) is 5.17 Å². The lowest BCUT2D eigenvalue weighted by Crippen LogP contribution is -2.33. The van der Waals surface area contributed by atoms with Gasteiger partial charge in [0.25, 0.3) is 0 Å². The number of amidine groups is 1. The van der Waals surface area contributed by atoms with Gasteiger partial charge in [0.1, 0.15) is 10.8 Å². The zero-order valence-electron chi connectivity index (χ0n) is 17.6. The molecule has 1 fully saturated rings. The molecule has 1 saturated heterocycles. The minimum atomic E-state index is 0.411. The van der Waals surface area contributed by atoms with E-state index >= 15 is 0 Å². The van der Waals surface area contributed by atoms with Crippen LogP contribution in [0, 0.1) is 5.92 Å². The van der Waals surface area contributed by atoms with Gasteiger partial charge in [0, 0.05) is 27.9 Å². The molecule has 5 nitrogen and oxygen atoms in total. The summed E-state index contributed by atoms with van der Waals surface area (Å²) in [6.45, 7) is 2.22. The molecule has 2 N–H and O–H groups in total. The maximum Gasteiger partial charge on any atom is 0.162 e. The molecule has 8 heteroatoms. The monoisotopic (exact) mass is 479 g/mol. The lowest BCUT2D eigenvalue weighted by Gasteiger charge is -2.25. The summed E-state index contributed by atoms with van der Waals surface area (Å²) in [5.41, 5.74) is 0. The Morgan fingerprint density at radius 3 is 2.59 bits per heavy atom. The summed E-state index contributed by atoms with van der Waals surface area (Å²) >= 11 is 5.16. The van der Waals surface area contributed by atoms with Crippen molar-refractivity contribution in [1.82, 2.24) is 15.3 Å². The van der Waals surface area contributed by atoms with Crippen molar-refractivity contribution in [3.05, 3.63) is 67.0 Å². The highest BCUT2D eigenvalue weighted by Crippen LogP contribution is 2.37. The van der Waals surface area contributed by atoms with E-state index < -0.39 is 0 Å². The topological polar surface area (TPSA) is 62.2 Å². The molecule has 0 amide bonds. The number of nitrogens with zero attached hydrogens (tertiary/aromatic N) is 3. The van der Waals surface area contributed by atoms with Crippen LogP contribution in [-0.4, -0.2) is 40.0 Å². The third kappa shape index (κ3) is 5.67. The van der Waals surface area contributed by atoms with Crippen LogP contribution in [0.15, 0.2) is 91.7 Å². The van der Waals surface area contributed by atoms with Crippen LogP contribution in [0.25, 0.3) is 0 Å². The van der Waals surface area contributed by atoms with E-state index in [1.807, 2.05) is 48.4 Å². The molecule has 2 aliphatic rings. The number of aromatic nitrogens is 2. The van der Waals surface area contributed by atoms with Gasteiger partial charge < -0.3 is 10.6 Å². The zero-order valence-corrected chi connectivity index (χ0v) is 20.1. The minimum Gasteiger partial charge on any atom is -0.319 e. The van der Waals surface area contributed by atoms with Gasteiger partial charge in [0.2, 0.25) is 0 Å². The Hall–Kier alpha value is -2.00. The smallest absolute Gasteiger partial charge is 0.162 e. The molecule has 32 heavy (non-hydrogen) atoms. The third-order valence-corrected chi connectivity index (χ3v) is 8.42. The summed E-state index contributed by atoms with van der Waals surface area (Å²) in [5, 5.41) is 8.93. The number of nitrogens with one attached hydrogen (secondary N) is 2. The van der Waals surface area contributed by atoms with Gasteiger partial charge in [-0.1, -0.05) is 59.6 Å². The van der Waals surface area contributed by atoms with E-state index in [9.17, 15) is 0 Å². The summed E-state index contributed by atoms with van der Waals surface area (Å²) in [5.74, 6) is 2.61. The second-order valence-corrected chi connectivity index (χ2v) is 10.9. The standard InChI is InChI=1S/C24H25N5S3/c1-2-6-18(7-3-1)31-21-14-19(32-22-8-4-5-11-26-22)15-27-23(21)29-24-28-20(16-30-24)17-9-12-25-13-10-17/h1-8,11,14-15,17,20,25H,9-10,12-13,16H2,(H,27,28,29). The van der Waals surface area contributed by atoms with Gasteiger partial charge in [-0.15, -0.1) is 0 Å². The molecule has 3 aromatic rings. The molecular formula is C24H25N5S3. The average molecular weight is 480 g/mol. The van der Waals surface area contributed by atoms with E-state index in [0.29, 0.717) is 12.0 Å². The normalized spacial score (nSPS) is 19.0. The number of pyridine rings is 2. The van der Waals surface area contributed by atoms with E-state index in [-0.39, 0.29) is 0 Å². The maximum atomic E-state index is 5.02. The molecule has 1 unspecified atom stereocenters. The van der Waals surface area contributed by atoms with Gasteiger partial charge in [-0.05, 0) is 62.2 Å². The number of hydrogen-bond acceptors (Lipinski definition) is 8. The van der Waals surface area contributed by atoms with Gasteiger partial charge in [-0.2, -0.15) is 0 Å². The van der Waals surface area contributed by atoms with Crippen molar-refractivity contribution in [3.8, 4) is 0 Å². The van der Waals surface area contributed by atoms with Crippen LogP contribution in [0.1, 0.15) is 12.8 Å². The summed E-state index contributed by atoms with van der Waals surface area (Å²) in [7, 11) is 0. The Bertz CT molecular complexity index is 1060. The summed E-state index contributed by atoms with van der Waals surface area (Å²) in [6, 6.07) is 19.0. The average Bonchev–Trinajstić information content (AvgIpc) is 3.31. The van der Waals surface area contributed by atoms with Gasteiger partial charge >= 0.3 is 0 Å². The first-order chi connectivity index (χ1) is 15.8. The Kier molecular flexibility index (Phi) is 7.33. The molecule has 0 bridgehead atoms. The van der Waals surface area contributed by atoms with Crippen LogP contribution in [0.5, 0.6) is 0 Å². The molecule has 0 spiro atoms. The van der Waals surface area contributed by atoms with Crippen LogP contribution in [0.4, 0.5) is 5.82 Å². The Morgan fingerprint density at radius 1 is 0.938 bits per heavy atom. The lowest BCUT2D eigenvalue weighted by atomic mass is 9.92. The van der Waals surface area contributed by atoms with Crippen molar-refractivity contribution in [1.29, 1.82) is 0 Å². The lowest BCUT2D eigenvalue weighted by molar-refractivity contribution is 0.336. The van der Waals surface area contributed by atoms with Crippen molar-refractivity contribution in [2.75, 3.05) is 24.2 Å². The number of rotatable bonds is 6. The zero-order chi connectivity index (χ0) is 21.6. The van der Waals surface area contributed by atoms with Crippen LogP contribution >= 0.6 is 35.3 Å². The summed E-state index contributed by atoms with van der Waals surface area (Å²) in [4.78, 5) is 17.6. The molecule has 0 aliphatic carbocycles. The van der Waals surface area contributed by atoms with E-state index in [1.54, 1.807) is 23.5 Å². The number of thioether (sulfide) groups is 1. The van der Waals surface area contributed by atoms with E-state index in [0.717, 1.165) is 44.6 Å². The molecule has 164 valence electrons. The Labute approximate surface area is 201 Å². The first-order valence-electron chi connectivity index (χ1n) is 10.8. The fourth-order valence-electron chi connectivity index (χ4n) is 3.83. The second-order valence-electron chi connectivity index (χ2n) is 7.73. The Morgan fingerprint density at radius 2 is 1.78 bits per heavy atom. The molecule has 2 aromatic heterocycles. The largest absolute Gasteiger partial charge is 0.319 e. The van der Waals surface area contributed by atoms with Gasteiger partial charge in [-0.25, -0.2) is 9.97 Å². The first-order valence-corrected chi connectivity index (χ1v) is 13.5. The number of benzene rings is 1. The van der Waals surface area contributed by atoms with Gasteiger partial charge in [0.05, 0.1) is 10.9 Å². The first kappa shape index (κ1) is 21.8. The van der Waals surface area contributed by atoms with Crippen LogP contribution in [0.2, 0.25) is 0 Å². The second kappa shape index (κ2) is 10.7. The highest BCUT2D eigenvalue weighted by molar-refractivity contribution is 8.14. The van der Waals surface area contributed by atoms with Crippen molar-refractivity contribution in [2.24, 2.45) is 10.9 Å². The maximum absolute atomic E-state index is 5.02. The molecule has 2 aliphatic heterocycles. The number of hydrogen-bond donors (Lipinski definition) is 2. The molecule has 4 heterocycles. The van der Waals surface area contributed by atoms with Crippen molar-refractivity contribution in [3.63, 3.8) is 0 Å². The van der Waals surface area contributed by atoms with Crippen LogP contribution < -0.4 is 10.6 Å². The van der Waals surface area contributed by atoms with Crippen molar-refractivity contribution in [2.45, 2.75) is 38.6 Å². The Balaban J connectivity index is 1.36. The predicted octanol–water partition coefficient (Wildman–Crippen LogP) is 5.66. The van der Waals surface area contributed by atoms with Crippen molar-refractivity contribution < 1.29 is 0 Å². The molecule has 5 rings (SSSR count). The number of aliphatic imine (C=N–C) groups is 1. The number of piperidine rings is 1. The highest BCUT2D eigenvalue weighted by atomic mass is 32.2. The van der Waals surface area contributed by atoms with E-state index in [1.165, 1.54) is 17.7 Å². The minimum absolute atomic E-state index is 0.411. The fraction of sp³-hybridized carbons (Fsp3) is 0.292. The highest BCUT2D eigenvalue weighted by Gasteiger charge is 2.28. The quantitative estimate of drug-likeness (QED) is 0.473. The summed E-state index contributed by atoms with van der Waals surface area (Å²) in [6.07, 6.45) is 6.17. The molecular weight excluding hydrogens is 455 g/mol. The molecule has 1 aromatic carbocycles. The predicted molar refractivity (Wildman–Crippen MR) is 136 cm³/mol. The van der Waals surface area contributed by atoms with Crippen LogP contribution in [-0.2, 0) is 0 Å². The van der Waals surface area contributed by atoms with E-state index in [4.69, 9.17) is 9.98 Å². The van der Waals surface area contributed by atoms with E-state index in [2.05, 4.69) is 45.9 Å².